The minimum atomic E-state index is 0.215. The first-order valence-corrected chi connectivity index (χ1v) is 7.00. The van der Waals surface area contributed by atoms with Crippen LogP contribution in [0.15, 0.2) is 24.3 Å². The van der Waals surface area contributed by atoms with E-state index < -0.39 is 0 Å². The van der Waals surface area contributed by atoms with Gasteiger partial charge in [-0.05, 0) is 47.1 Å². The number of nitrogens with zero attached hydrogens (tertiary/aromatic N) is 2. The van der Waals surface area contributed by atoms with E-state index in [4.69, 9.17) is 0 Å². The molecule has 0 N–H and O–H groups in total. The fraction of sp³-hybridized carbons (Fsp3) is 0.562. The van der Waals surface area contributed by atoms with Crippen molar-refractivity contribution in [3.8, 4) is 0 Å². The quantitative estimate of drug-likeness (QED) is 0.672. The summed E-state index contributed by atoms with van der Waals surface area (Å²) in [6.45, 7) is 7.63. The second kappa shape index (κ2) is 8.08. The van der Waals surface area contributed by atoms with Gasteiger partial charge in [-0.15, -0.1) is 0 Å². The summed E-state index contributed by atoms with van der Waals surface area (Å²) in [5.41, 5.74) is 2.01. The molecule has 0 heterocycles. The van der Waals surface area contributed by atoms with E-state index in [1.807, 2.05) is 31.2 Å². The van der Waals surface area contributed by atoms with Crippen molar-refractivity contribution in [2.45, 2.75) is 20.3 Å². The molecule has 0 atom stereocenters. The predicted octanol–water partition coefficient (Wildman–Crippen LogP) is 2.45. The molecule has 106 valence electrons. The van der Waals surface area contributed by atoms with E-state index in [9.17, 15) is 4.79 Å². The highest BCUT2D eigenvalue weighted by Gasteiger charge is 2.10. The minimum Gasteiger partial charge on any atom is -0.309 e. The standard InChI is InChI=1S/C16H26N2O/c1-5-18(12-6-11-17(3)4)13-16(19)15-9-7-14(2)8-10-15/h7-10H,5-6,11-13H2,1-4H3. The first-order valence-electron chi connectivity index (χ1n) is 7.00. The number of hydrogen-bond acceptors (Lipinski definition) is 3. The van der Waals surface area contributed by atoms with Crippen LogP contribution in [0.3, 0.4) is 0 Å². The van der Waals surface area contributed by atoms with Crippen molar-refractivity contribution in [2.75, 3.05) is 40.3 Å². The SMILES string of the molecule is CCN(CCCN(C)C)CC(=O)c1ccc(C)cc1. The summed E-state index contributed by atoms with van der Waals surface area (Å²) in [6, 6.07) is 7.84. The lowest BCUT2D eigenvalue weighted by Crippen LogP contribution is -2.32. The zero-order valence-electron chi connectivity index (χ0n) is 12.6. The van der Waals surface area contributed by atoms with Crippen molar-refractivity contribution in [3.63, 3.8) is 0 Å². The van der Waals surface area contributed by atoms with Crippen LogP contribution in [0.5, 0.6) is 0 Å². The molecule has 0 aliphatic carbocycles. The van der Waals surface area contributed by atoms with E-state index in [-0.39, 0.29) is 5.78 Å². The molecule has 19 heavy (non-hydrogen) atoms. The molecule has 0 spiro atoms. The van der Waals surface area contributed by atoms with Gasteiger partial charge in [-0.2, -0.15) is 0 Å². The van der Waals surface area contributed by atoms with Gasteiger partial charge >= 0.3 is 0 Å². The molecule has 1 rings (SSSR count). The van der Waals surface area contributed by atoms with Crippen molar-refractivity contribution < 1.29 is 4.79 Å². The van der Waals surface area contributed by atoms with Crippen LogP contribution in [0.4, 0.5) is 0 Å². The van der Waals surface area contributed by atoms with E-state index in [0.29, 0.717) is 6.54 Å². The van der Waals surface area contributed by atoms with Crippen molar-refractivity contribution in [1.82, 2.24) is 9.80 Å². The maximum Gasteiger partial charge on any atom is 0.176 e. The summed E-state index contributed by atoms with van der Waals surface area (Å²) in [4.78, 5) is 16.6. The summed E-state index contributed by atoms with van der Waals surface area (Å²) in [5.74, 6) is 0.215. The lowest BCUT2D eigenvalue weighted by Gasteiger charge is -2.20. The topological polar surface area (TPSA) is 23.6 Å². The predicted molar refractivity (Wildman–Crippen MR) is 80.8 cm³/mol. The Kier molecular flexibility index (Phi) is 6.74. The first kappa shape index (κ1) is 15.9. The third kappa shape index (κ3) is 5.99. The van der Waals surface area contributed by atoms with Crippen LogP contribution in [0, 0.1) is 6.92 Å². The van der Waals surface area contributed by atoms with E-state index in [0.717, 1.165) is 31.6 Å². The Morgan fingerprint density at radius 3 is 2.26 bits per heavy atom. The summed E-state index contributed by atoms with van der Waals surface area (Å²) in [5, 5.41) is 0. The number of carbonyl (C=O) groups is 1. The van der Waals surface area contributed by atoms with Crippen LogP contribution < -0.4 is 0 Å². The Balaban J connectivity index is 2.46. The molecular weight excluding hydrogens is 236 g/mol. The Bertz CT molecular complexity index is 384. The van der Waals surface area contributed by atoms with E-state index in [1.54, 1.807) is 0 Å². The Labute approximate surface area is 117 Å². The normalized spacial score (nSPS) is 11.3. The zero-order chi connectivity index (χ0) is 14.3. The lowest BCUT2D eigenvalue weighted by atomic mass is 10.1. The summed E-state index contributed by atoms with van der Waals surface area (Å²) in [6.07, 6.45) is 1.10. The average molecular weight is 262 g/mol. The second-order valence-corrected chi connectivity index (χ2v) is 5.31. The van der Waals surface area contributed by atoms with Gasteiger partial charge in [0.2, 0.25) is 0 Å². The molecule has 1 aromatic rings. The number of likely N-dealkylation sites (N-methyl/N-ethyl adjacent to an activating group) is 1. The van der Waals surface area contributed by atoms with Gasteiger partial charge in [-0.25, -0.2) is 0 Å². The fourth-order valence-corrected chi connectivity index (χ4v) is 1.99. The van der Waals surface area contributed by atoms with Gasteiger partial charge in [-0.3, -0.25) is 9.69 Å². The van der Waals surface area contributed by atoms with E-state index in [1.165, 1.54) is 5.56 Å². The van der Waals surface area contributed by atoms with Crippen LogP contribution in [-0.2, 0) is 0 Å². The number of hydrogen-bond donors (Lipinski definition) is 0. The molecule has 3 heteroatoms. The summed E-state index contributed by atoms with van der Waals surface area (Å²) < 4.78 is 0. The number of aryl methyl sites for hydroxylation is 1. The van der Waals surface area contributed by atoms with Crippen LogP contribution in [0.2, 0.25) is 0 Å². The number of rotatable bonds is 8. The molecule has 0 fully saturated rings. The molecule has 0 amide bonds. The highest BCUT2D eigenvalue weighted by molar-refractivity contribution is 5.97. The van der Waals surface area contributed by atoms with Crippen LogP contribution in [0.25, 0.3) is 0 Å². The Morgan fingerprint density at radius 1 is 1.11 bits per heavy atom. The minimum absolute atomic E-state index is 0.215. The van der Waals surface area contributed by atoms with Gasteiger partial charge in [0.15, 0.2) is 5.78 Å². The van der Waals surface area contributed by atoms with Gasteiger partial charge < -0.3 is 4.90 Å². The third-order valence-corrected chi connectivity index (χ3v) is 3.27. The zero-order valence-corrected chi connectivity index (χ0v) is 12.6. The van der Waals surface area contributed by atoms with E-state index in [2.05, 4.69) is 30.8 Å². The second-order valence-electron chi connectivity index (χ2n) is 5.31. The molecule has 3 nitrogen and oxygen atoms in total. The maximum atomic E-state index is 12.2. The monoisotopic (exact) mass is 262 g/mol. The summed E-state index contributed by atoms with van der Waals surface area (Å²) in [7, 11) is 4.15. The molecular formula is C16H26N2O. The number of ketones is 1. The molecule has 0 saturated heterocycles. The molecule has 0 saturated carbocycles. The Morgan fingerprint density at radius 2 is 1.74 bits per heavy atom. The van der Waals surface area contributed by atoms with Gasteiger partial charge in [0, 0.05) is 5.56 Å². The van der Waals surface area contributed by atoms with Crippen molar-refractivity contribution in [1.29, 1.82) is 0 Å². The molecule has 1 aromatic carbocycles. The largest absolute Gasteiger partial charge is 0.309 e. The average Bonchev–Trinajstić information content (AvgIpc) is 2.37. The van der Waals surface area contributed by atoms with E-state index >= 15 is 0 Å². The Hall–Kier alpha value is -1.19. The fourth-order valence-electron chi connectivity index (χ4n) is 1.99. The molecule has 0 bridgehead atoms. The maximum absolute atomic E-state index is 12.2. The van der Waals surface area contributed by atoms with Crippen LogP contribution in [0.1, 0.15) is 29.3 Å². The smallest absolute Gasteiger partial charge is 0.176 e. The van der Waals surface area contributed by atoms with Crippen molar-refractivity contribution in [3.05, 3.63) is 35.4 Å². The number of benzene rings is 1. The number of carbonyl (C=O) groups excluding carboxylic acids is 1. The third-order valence-electron chi connectivity index (χ3n) is 3.27. The van der Waals surface area contributed by atoms with Crippen molar-refractivity contribution in [2.24, 2.45) is 0 Å². The van der Waals surface area contributed by atoms with Crippen molar-refractivity contribution >= 4 is 5.78 Å². The molecule has 0 unspecified atom stereocenters. The van der Waals surface area contributed by atoms with Gasteiger partial charge in [-0.1, -0.05) is 36.8 Å². The lowest BCUT2D eigenvalue weighted by molar-refractivity contribution is 0.0932. The first-order chi connectivity index (χ1) is 9.02. The highest BCUT2D eigenvalue weighted by Crippen LogP contribution is 2.05. The van der Waals surface area contributed by atoms with Gasteiger partial charge in [0.05, 0.1) is 6.54 Å². The highest BCUT2D eigenvalue weighted by atomic mass is 16.1. The molecule has 0 aliphatic rings. The molecule has 0 radical (unpaired) electrons. The number of Topliss-reactive ketones (excluding diaryl/α,β-unsaturated/α-hetero) is 1. The van der Waals surface area contributed by atoms with Gasteiger partial charge in [0.1, 0.15) is 0 Å². The molecule has 0 aliphatic heterocycles. The van der Waals surface area contributed by atoms with Crippen LogP contribution >= 0.6 is 0 Å². The summed E-state index contributed by atoms with van der Waals surface area (Å²) >= 11 is 0. The van der Waals surface area contributed by atoms with Gasteiger partial charge in [0.25, 0.3) is 0 Å². The van der Waals surface area contributed by atoms with Crippen LogP contribution in [-0.4, -0.2) is 55.9 Å². The molecule has 0 aromatic heterocycles.